The van der Waals surface area contributed by atoms with Gasteiger partial charge in [-0.05, 0) is 70.6 Å². The molecule has 9 nitrogen and oxygen atoms in total. The zero-order chi connectivity index (χ0) is 27.4. The number of sulfonamides is 1. The number of hydrogen-bond donors (Lipinski definition) is 2. The fourth-order valence-electron chi connectivity index (χ4n) is 4.88. The number of carbonyl (C=O) groups is 1. The molecule has 0 spiro atoms. The molecule has 2 aliphatic heterocycles. The van der Waals surface area contributed by atoms with Gasteiger partial charge in [0.2, 0.25) is 15.9 Å². The van der Waals surface area contributed by atoms with Crippen LogP contribution in [0.15, 0.2) is 24.4 Å². The molecule has 0 aromatic carbocycles. The van der Waals surface area contributed by atoms with Crippen molar-refractivity contribution in [1.82, 2.24) is 14.3 Å². The van der Waals surface area contributed by atoms with Crippen molar-refractivity contribution < 1.29 is 17.9 Å². The fourth-order valence-corrected chi connectivity index (χ4v) is 6.65. The Bertz CT molecular complexity index is 1250. The van der Waals surface area contributed by atoms with E-state index in [-0.39, 0.29) is 18.5 Å². The first kappa shape index (κ1) is 29.0. The van der Waals surface area contributed by atoms with Crippen molar-refractivity contribution in [2.24, 2.45) is 11.8 Å². The standard InChI is InChI=1S/C26H35Cl2N5O4S/c1-16(2)38(35,36)33-10-4-5-19(15-33)26(34)32-24-13-20(22(28)14-29-24)25-21(27)6-7-23(31-25)30-17(3)18-8-11-37-12-9-18/h6-7,13-14,16-19H,4-5,8-12,15H2,1-3H3,(H,30,31)(H,29,32,34). The van der Waals surface area contributed by atoms with Gasteiger partial charge >= 0.3 is 0 Å². The van der Waals surface area contributed by atoms with E-state index in [1.807, 2.05) is 6.07 Å². The van der Waals surface area contributed by atoms with Crippen LogP contribution in [0.5, 0.6) is 0 Å². The van der Waals surface area contributed by atoms with Crippen molar-refractivity contribution in [3.05, 3.63) is 34.4 Å². The average molecular weight is 585 g/mol. The summed E-state index contributed by atoms with van der Waals surface area (Å²) < 4.78 is 32.1. The van der Waals surface area contributed by atoms with Crippen LogP contribution in [0.2, 0.25) is 10.0 Å². The molecule has 4 rings (SSSR count). The van der Waals surface area contributed by atoms with Gasteiger partial charge in [-0.25, -0.2) is 22.7 Å². The van der Waals surface area contributed by atoms with Crippen molar-refractivity contribution in [3.8, 4) is 11.3 Å². The maximum atomic E-state index is 13.1. The van der Waals surface area contributed by atoms with Gasteiger partial charge in [0.25, 0.3) is 0 Å². The van der Waals surface area contributed by atoms with Crippen molar-refractivity contribution in [1.29, 1.82) is 0 Å². The zero-order valence-corrected chi connectivity index (χ0v) is 24.2. The van der Waals surface area contributed by atoms with E-state index in [1.165, 1.54) is 10.5 Å². The van der Waals surface area contributed by atoms with Crippen molar-refractivity contribution in [3.63, 3.8) is 0 Å². The van der Waals surface area contributed by atoms with Crippen LogP contribution < -0.4 is 10.6 Å². The second-order valence-corrected chi connectivity index (χ2v) is 13.5. The smallest absolute Gasteiger partial charge is 0.229 e. The van der Waals surface area contributed by atoms with Crippen LogP contribution in [0.25, 0.3) is 11.3 Å². The van der Waals surface area contributed by atoms with Crippen LogP contribution in [-0.4, -0.2) is 66.2 Å². The minimum absolute atomic E-state index is 0.152. The topological polar surface area (TPSA) is 114 Å². The second-order valence-electron chi connectivity index (χ2n) is 10.2. The lowest BCUT2D eigenvalue weighted by atomic mass is 9.93. The molecule has 1 amide bonds. The Labute approximate surface area is 234 Å². The minimum atomic E-state index is -3.43. The van der Waals surface area contributed by atoms with E-state index in [4.69, 9.17) is 32.9 Å². The third-order valence-electron chi connectivity index (χ3n) is 7.27. The third kappa shape index (κ3) is 6.77. The summed E-state index contributed by atoms with van der Waals surface area (Å²) in [5.74, 6) is 0.705. The summed E-state index contributed by atoms with van der Waals surface area (Å²) in [4.78, 5) is 22.1. The van der Waals surface area contributed by atoms with E-state index in [1.54, 1.807) is 26.0 Å². The van der Waals surface area contributed by atoms with Crippen LogP contribution in [0, 0.1) is 11.8 Å². The lowest BCUT2D eigenvalue weighted by Crippen LogP contribution is -2.46. The Hall–Kier alpha value is -1.98. The first-order valence-electron chi connectivity index (χ1n) is 13.0. The molecular formula is C26H35Cl2N5O4S. The number of halogens is 2. The number of aromatic nitrogens is 2. The summed E-state index contributed by atoms with van der Waals surface area (Å²) >= 11 is 13.0. The maximum Gasteiger partial charge on any atom is 0.229 e. The van der Waals surface area contributed by atoms with Gasteiger partial charge in [-0.3, -0.25) is 4.79 Å². The average Bonchev–Trinajstić information content (AvgIpc) is 2.91. The van der Waals surface area contributed by atoms with Crippen LogP contribution in [-0.2, 0) is 19.6 Å². The number of carbonyl (C=O) groups excluding carboxylic acids is 1. The lowest BCUT2D eigenvalue weighted by molar-refractivity contribution is -0.120. The van der Waals surface area contributed by atoms with E-state index in [0.29, 0.717) is 58.2 Å². The number of nitrogens with one attached hydrogen (secondary N) is 2. The minimum Gasteiger partial charge on any atom is -0.381 e. The van der Waals surface area contributed by atoms with Crippen LogP contribution >= 0.6 is 23.2 Å². The van der Waals surface area contributed by atoms with Crippen LogP contribution in [0.1, 0.15) is 46.5 Å². The van der Waals surface area contributed by atoms with E-state index in [2.05, 4.69) is 22.5 Å². The first-order valence-corrected chi connectivity index (χ1v) is 15.3. The molecule has 0 radical (unpaired) electrons. The molecule has 2 saturated heterocycles. The summed E-state index contributed by atoms with van der Waals surface area (Å²) in [5.41, 5.74) is 1.02. The van der Waals surface area contributed by atoms with Gasteiger partial charge in [0.15, 0.2) is 0 Å². The van der Waals surface area contributed by atoms with E-state index >= 15 is 0 Å². The predicted molar refractivity (Wildman–Crippen MR) is 151 cm³/mol. The van der Waals surface area contributed by atoms with E-state index in [0.717, 1.165) is 26.1 Å². The largest absolute Gasteiger partial charge is 0.381 e. The molecule has 12 heteroatoms. The number of ether oxygens (including phenoxy) is 1. The molecule has 208 valence electrons. The van der Waals surface area contributed by atoms with E-state index < -0.39 is 21.2 Å². The van der Waals surface area contributed by atoms with Crippen molar-refractivity contribution in [2.45, 2.75) is 57.7 Å². The van der Waals surface area contributed by atoms with Gasteiger partial charge in [-0.2, -0.15) is 0 Å². The Morgan fingerprint density at radius 2 is 1.84 bits per heavy atom. The molecule has 38 heavy (non-hydrogen) atoms. The number of anilines is 2. The molecule has 4 heterocycles. The summed E-state index contributed by atoms with van der Waals surface area (Å²) in [7, 11) is -3.43. The highest BCUT2D eigenvalue weighted by Gasteiger charge is 2.34. The van der Waals surface area contributed by atoms with Crippen LogP contribution in [0.4, 0.5) is 11.6 Å². The highest BCUT2D eigenvalue weighted by molar-refractivity contribution is 7.89. The molecule has 2 unspecified atom stereocenters. The summed E-state index contributed by atoms with van der Waals surface area (Å²) in [6.07, 6.45) is 4.66. The Morgan fingerprint density at radius 1 is 1.11 bits per heavy atom. The molecule has 2 N–H and O–H groups in total. The molecule has 2 fully saturated rings. The molecule has 0 bridgehead atoms. The quantitative estimate of drug-likeness (QED) is 0.446. The number of pyridine rings is 2. The van der Waals surface area contributed by atoms with Gasteiger partial charge in [-0.1, -0.05) is 23.2 Å². The van der Waals surface area contributed by atoms with Gasteiger partial charge in [0, 0.05) is 44.1 Å². The maximum absolute atomic E-state index is 13.1. The zero-order valence-electron chi connectivity index (χ0n) is 21.9. The molecule has 2 atom stereocenters. The van der Waals surface area contributed by atoms with Gasteiger partial charge in [-0.15, -0.1) is 0 Å². The highest BCUT2D eigenvalue weighted by Crippen LogP contribution is 2.34. The molecule has 2 aromatic heterocycles. The Morgan fingerprint density at radius 3 is 2.55 bits per heavy atom. The third-order valence-corrected chi connectivity index (χ3v) is 10.1. The molecule has 2 aliphatic rings. The van der Waals surface area contributed by atoms with Crippen molar-refractivity contribution in [2.75, 3.05) is 36.9 Å². The number of amides is 1. The number of hydrogen-bond acceptors (Lipinski definition) is 7. The number of rotatable bonds is 8. The SMILES string of the molecule is CC(Nc1ccc(Cl)c(-c2cc(NC(=O)C3CCCN(S(=O)(=O)C(C)C)C3)ncc2Cl)n1)C1CCOCC1. The van der Waals surface area contributed by atoms with Gasteiger partial charge < -0.3 is 15.4 Å². The Balaban J connectivity index is 1.50. The summed E-state index contributed by atoms with van der Waals surface area (Å²) in [5, 5.41) is 6.53. The van der Waals surface area contributed by atoms with E-state index in [9.17, 15) is 13.2 Å². The normalized spacial score (nSPS) is 20.3. The molecular weight excluding hydrogens is 549 g/mol. The highest BCUT2D eigenvalue weighted by atomic mass is 35.5. The lowest BCUT2D eigenvalue weighted by Gasteiger charge is -2.32. The van der Waals surface area contributed by atoms with Gasteiger partial charge in [0.1, 0.15) is 11.6 Å². The Kier molecular flexibility index (Phi) is 9.52. The van der Waals surface area contributed by atoms with Crippen molar-refractivity contribution >= 4 is 50.8 Å². The second kappa shape index (κ2) is 12.5. The fraction of sp³-hybridized carbons (Fsp3) is 0.577. The monoisotopic (exact) mass is 583 g/mol. The van der Waals surface area contributed by atoms with Crippen LogP contribution in [0.3, 0.4) is 0 Å². The summed E-state index contributed by atoms with van der Waals surface area (Å²) in [6, 6.07) is 5.45. The van der Waals surface area contributed by atoms with Gasteiger partial charge in [0.05, 0.1) is 26.9 Å². The molecule has 0 aliphatic carbocycles. The molecule has 0 saturated carbocycles. The summed E-state index contributed by atoms with van der Waals surface area (Å²) in [6.45, 7) is 7.54. The first-order chi connectivity index (χ1) is 18.1. The number of piperidine rings is 1. The molecule has 2 aromatic rings. The predicted octanol–water partition coefficient (Wildman–Crippen LogP) is 5.07. The number of nitrogens with zero attached hydrogens (tertiary/aromatic N) is 3.